The number of nitrogens with one attached hydrogen (secondary N) is 1. The second kappa shape index (κ2) is 7.91. The molecule has 0 bridgehead atoms. The minimum absolute atomic E-state index is 0.0870. The summed E-state index contributed by atoms with van der Waals surface area (Å²) in [6, 6.07) is 16.0. The number of tetrazole rings is 1. The quantitative estimate of drug-likeness (QED) is 0.493. The number of anilines is 1. The number of amides is 1. The molecule has 1 saturated carbocycles. The van der Waals surface area contributed by atoms with Crippen LogP contribution >= 0.6 is 11.8 Å². The van der Waals surface area contributed by atoms with Crippen LogP contribution in [0.2, 0.25) is 0 Å². The maximum Gasteiger partial charge on any atom is 0.244 e. The van der Waals surface area contributed by atoms with E-state index in [4.69, 9.17) is 0 Å². The van der Waals surface area contributed by atoms with E-state index in [9.17, 15) is 4.79 Å². The van der Waals surface area contributed by atoms with Crippen LogP contribution in [0, 0.1) is 0 Å². The lowest BCUT2D eigenvalue weighted by Crippen LogP contribution is -2.20. The minimum atomic E-state index is -0.0870. The van der Waals surface area contributed by atoms with Crippen LogP contribution in [0.15, 0.2) is 48.5 Å². The highest BCUT2D eigenvalue weighted by atomic mass is 32.2. The fourth-order valence-corrected chi connectivity index (χ4v) is 4.02. The molecule has 30 heavy (non-hydrogen) atoms. The van der Waals surface area contributed by atoms with E-state index in [0.717, 1.165) is 52.5 Å². The van der Waals surface area contributed by atoms with Crippen molar-refractivity contribution in [3.05, 3.63) is 54.4 Å². The van der Waals surface area contributed by atoms with Gasteiger partial charge in [0, 0.05) is 11.3 Å². The van der Waals surface area contributed by atoms with Crippen LogP contribution in [0.3, 0.4) is 0 Å². The van der Waals surface area contributed by atoms with E-state index in [1.54, 1.807) is 11.8 Å². The molecule has 0 atom stereocenters. The molecule has 0 saturated heterocycles. The van der Waals surface area contributed by atoms with Gasteiger partial charge in [0.15, 0.2) is 5.82 Å². The summed E-state index contributed by atoms with van der Waals surface area (Å²) in [7, 11) is 0. The second-order valence-corrected chi connectivity index (χ2v) is 8.21. The molecule has 2 aromatic carbocycles. The molecule has 1 fully saturated rings. The molecule has 1 N–H and O–H groups in total. The number of fused-ring (bicyclic) bond motifs is 1. The van der Waals surface area contributed by atoms with Gasteiger partial charge >= 0.3 is 0 Å². The maximum absolute atomic E-state index is 12.7. The molecule has 2 aromatic heterocycles. The number of rotatable bonds is 7. The number of aromatic nitrogens is 6. The first-order valence-corrected chi connectivity index (χ1v) is 11.2. The fraction of sp³-hybridized carbons (Fsp3) is 0.286. The summed E-state index contributed by atoms with van der Waals surface area (Å²) in [6.07, 6.45) is 4.27. The van der Waals surface area contributed by atoms with Gasteiger partial charge < -0.3 is 9.88 Å². The average Bonchev–Trinajstić information content (AvgIpc) is 3.39. The number of nitrogens with zero attached hydrogens (tertiary/aromatic N) is 6. The van der Waals surface area contributed by atoms with E-state index < -0.39 is 0 Å². The van der Waals surface area contributed by atoms with Crippen LogP contribution in [0.25, 0.3) is 22.4 Å². The molecular weight excluding hydrogens is 398 g/mol. The molecule has 0 spiro atoms. The number of carbonyl (C=O) groups excluding carboxylic acids is 1. The highest BCUT2D eigenvalue weighted by Gasteiger charge is 2.28. The Hall–Kier alpha value is -3.20. The van der Waals surface area contributed by atoms with Crippen molar-refractivity contribution in [3.8, 4) is 11.4 Å². The second-order valence-electron chi connectivity index (χ2n) is 7.34. The van der Waals surface area contributed by atoms with Crippen molar-refractivity contribution in [3.63, 3.8) is 0 Å². The molecule has 9 heteroatoms. The molecule has 8 nitrogen and oxygen atoms in total. The molecule has 1 aliphatic rings. The number of imidazole rings is 1. The first-order chi connectivity index (χ1) is 14.7. The Morgan fingerprint density at radius 3 is 2.73 bits per heavy atom. The maximum atomic E-state index is 12.7. The first-order valence-electron chi connectivity index (χ1n) is 9.84. The van der Waals surface area contributed by atoms with Crippen molar-refractivity contribution in [2.24, 2.45) is 0 Å². The summed E-state index contributed by atoms with van der Waals surface area (Å²) in [4.78, 5) is 17.4. The van der Waals surface area contributed by atoms with Crippen LogP contribution in [-0.4, -0.2) is 41.9 Å². The lowest BCUT2D eigenvalue weighted by Gasteiger charge is -2.10. The van der Waals surface area contributed by atoms with Crippen molar-refractivity contribution in [2.75, 3.05) is 11.6 Å². The number of thioether (sulfide) groups is 1. The number of carbonyl (C=O) groups is 1. The van der Waals surface area contributed by atoms with Crippen molar-refractivity contribution in [1.82, 2.24) is 29.8 Å². The van der Waals surface area contributed by atoms with Crippen LogP contribution in [0.4, 0.5) is 5.69 Å². The van der Waals surface area contributed by atoms with Gasteiger partial charge in [-0.15, -0.1) is 5.10 Å². The largest absolute Gasteiger partial charge is 0.325 e. The van der Waals surface area contributed by atoms with Gasteiger partial charge in [0.1, 0.15) is 12.4 Å². The highest BCUT2D eigenvalue weighted by Crippen LogP contribution is 2.36. The molecule has 0 radical (unpaired) electrons. The molecule has 1 aliphatic carbocycles. The summed E-state index contributed by atoms with van der Waals surface area (Å²) < 4.78 is 3.87. The molecule has 0 aliphatic heterocycles. The Bertz CT molecular complexity index is 1190. The lowest BCUT2D eigenvalue weighted by molar-refractivity contribution is -0.116. The monoisotopic (exact) mass is 419 g/mol. The highest BCUT2D eigenvalue weighted by molar-refractivity contribution is 7.97. The first kappa shape index (κ1) is 18.8. The smallest absolute Gasteiger partial charge is 0.244 e. The topological polar surface area (TPSA) is 90.5 Å². The average molecular weight is 420 g/mol. The lowest BCUT2D eigenvalue weighted by atomic mass is 10.2. The molecule has 0 unspecified atom stereocenters. The van der Waals surface area contributed by atoms with E-state index >= 15 is 0 Å². The van der Waals surface area contributed by atoms with Crippen molar-refractivity contribution < 1.29 is 4.79 Å². The number of benzene rings is 2. The van der Waals surface area contributed by atoms with Gasteiger partial charge in [0.25, 0.3) is 0 Å². The summed E-state index contributed by atoms with van der Waals surface area (Å²) in [5, 5.41) is 15.0. The zero-order chi connectivity index (χ0) is 20.5. The van der Waals surface area contributed by atoms with Crippen LogP contribution in [0.1, 0.15) is 24.7 Å². The Kier molecular flexibility index (Phi) is 4.96. The SMILES string of the molecule is CSCc1nc2ccccc2n1CC(=O)Nc1ccc(-c2nnnn2C2CC2)cc1. The number of para-hydroxylation sites is 2. The van der Waals surface area contributed by atoms with Gasteiger partial charge in [0.2, 0.25) is 5.91 Å². The van der Waals surface area contributed by atoms with Crippen LogP contribution in [0.5, 0.6) is 0 Å². The third kappa shape index (κ3) is 3.68. The summed E-state index contributed by atoms with van der Waals surface area (Å²) in [5.74, 6) is 2.34. The number of hydrogen-bond donors (Lipinski definition) is 1. The van der Waals surface area contributed by atoms with Gasteiger partial charge in [-0.25, -0.2) is 9.67 Å². The predicted octanol–water partition coefficient (Wildman–Crippen LogP) is 3.53. The van der Waals surface area contributed by atoms with Crippen LogP contribution < -0.4 is 5.32 Å². The van der Waals surface area contributed by atoms with Crippen molar-refractivity contribution in [2.45, 2.75) is 31.2 Å². The van der Waals surface area contributed by atoms with E-state index in [1.807, 2.05) is 64.0 Å². The third-order valence-corrected chi connectivity index (χ3v) is 5.67. The normalized spacial score (nSPS) is 13.6. The molecule has 2 heterocycles. The predicted molar refractivity (Wildman–Crippen MR) is 117 cm³/mol. The summed E-state index contributed by atoms with van der Waals surface area (Å²) in [5.41, 5.74) is 3.56. The molecule has 1 amide bonds. The van der Waals surface area contributed by atoms with Crippen molar-refractivity contribution >= 4 is 34.4 Å². The van der Waals surface area contributed by atoms with E-state index in [2.05, 4.69) is 25.8 Å². The van der Waals surface area contributed by atoms with E-state index in [0.29, 0.717) is 6.04 Å². The van der Waals surface area contributed by atoms with Gasteiger partial charge in [0.05, 0.1) is 22.8 Å². The Morgan fingerprint density at radius 1 is 1.17 bits per heavy atom. The zero-order valence-electron chi connectivity index (χ0n) is 16.5. The fourth-order valence-electron chi connectivity index (χ4n) is 3.54. The summed E-state index contributed by atoms with van der Waals surface area (Å²) in [6.45, 7) is 0.220. The Balaban J connectivity index is 1.32. The molecule has 152 valence electrons. The third-order valence-electron chi connectivity index (χ3n) is 5.12. The Morgan fingerprint density at radius 2 is 1.97 bits per heavy atom. The van der Waals surface area contributed by atoms with Gasteiger partial charge in [-0.3, -0.25) is 4.79 Å². The van der Waals surface area contributed by atoms with Gasteiger partial charge in [-0.2, -0.15) is 11.8 Å². The molecule has 5 rings (SSSR count). The van der Waals surface area contributed by atoms with Crippen molar-refractivity contribution in [1.29, 1.82) is 0 Å². The van der Waals surface area contributed by atoms with Gasteiger partial charge in [-0.1, -0.05) is 12.1 Å². The number of hydrogen-bond acceptors (Lipinski definition) is 6. The van der Waals surface area contributed by atoms with Crippen LogP contribution in [-0.2, 0) is 17.1 Å². The standard InChI is InChI=1S/C21H21N7OS/c1-30-13-19-23-17-4-2-3-5-18(17)27(19)12-20(29)22-15-8-6-14(7-9-15)21-24-25-26-28(21)16-10-11-16/h2-9,16H,10-13H2,1H3,(H,22,29). The Labute approximate surface area is 177 Å². The molecule has 4 aromatic rings. The molecular formula is C21H21N7OS. The van der Waals surface area contributed by atoms with E-state index in [-0.39, 0.29) is 12.5 Å². The minimum Gasteiger partial charge on any atom is -0.325 e. The van der Waals surface area contributed by atoms with Gasteiger partial charge in [-0.05, 0) is 65.9 Å². The van der Waals surface area contributed by atoms with E-state index in [1.165, 1.54) is 0 Å². The zero-order valence-corrected chi connectivity index (χ0v) is 17.3. The summed E-state index contributed by atoms with van der Waals surface area (Å²) >= 11 is 1.69.